The van der Waals surface area contributed by atoms with Gasteiger partial charge in [-0.1, -0.05) is 0 Å². The van der Waals surface area contributed by atoms with Crippen molar-refractivity contribution in [3.05, 3.63) is 18.1 Å². The van der Waals surface area contributed by atoms with Crippen LogP contribution in [0.4, 0.5) is 5.82 Å². The fourth-order valence-electron chi connectivity index (χ4n) is 6.94. The molecular formula is C22H27N7O. The summed E-state index contributed by atoms with van der Waals surface area (Å²) in [7, 11) is 0. The van der Waals surface area contributed by atoms with Gasteiger partial charge in [-0.2, -0.15) is 10.5 Å². The van der Waals surface area contributed by atoms with Crippen molar-refractivity contribution in [1.29, 1.82) is 10.5 Å². The van der Waals surface area contributed by atoms with Crippen molar-refractivity contribution in [2.45, 2.75) is 68.5 Å². The molecule has 2 unspecified atom stereocenters. The predicted molar refractivity (Wildman–Crippen MR) is 109 cm³/mol. The highest BCUT2D eigenvalue weighted by Crippen LogP contribution is 2.58. The molecule has 1 aliphatic heterocycles. The molecule has 1 saturated heterocycles. The second kappa shape index (κ2) is 7.21. The fraction of sp³-hybridized carbons (Fsp3) is 0.682. The van der Waals surface area contributed by atoms with Crippen molar-refractivity contribution in [3.8, 4) is 12.1 Å². The van der Waals surface area contributed by atoms with Crippen LogP contribution in [0.5, 0.6) is 0 Å². The second-order valence-corrected chi connectivity index (χ2v) is 9.74. The van der Waals surface area contributed by atoms with Crippen molar-refractivity contribution in [3.63, 3.8) is 0 Å². The van der Waals surface area contributed by atoms with Crippen LogP contribution in [0.3, 0.4) is 0 Å². The molecule has 1 aromatic rings. The van der Waals surface area contributed by atoms with Gasteiger partial charge in [0.25, 0.3) is 0 Å². The second-order valence-electron chi connectivity index (χ2n) is 9.74. The molecule has 1 amide bonds. The Morgan fingerprint density at radius 1 is 1.17 bits per heavy atom. The van der Waals surface area contributed by atoms with Gasteiger partial charge in [-0.3, -0.25) is 4.79 Å². The lowest BCUT2D eigenvalue weighted by molar-refractivity contribution is -0.131. The first-order chi connectivity index (χ1) is 14.5. The topological polar surface area (TPSA) is 118 Å². The maximum absolute atomic E-state index is 12.8. The van der Waals surface area contributed by atoms with Gasteiger partial charge in [0.05, 0.1) is 12.6 Å². The third-order valence-electron chi connectivity index (χ3n) is 7.59. The highest BCUT2D eigenvalue weighted by atomic mass is 16.2. The standard InChI is InChI=1S/C22H27N7O/c23-11-17-2-1-5-29(17)19(30)13-27-21-7-15-6-16(8-21)10-22(9-15,14-21)28-20-18(12-24)25-3-4-26-20/h3-4,15-17,27H,1-2,5-10,13-14H2,(H,26,28)/t15?,16?,17-,21?,22?/m0/s1. The molecule has 30 heavy (non-hydrogen) atoms. The van der Waals surface area contributed by atoms with Crippen molar-refractivity contribution < 1.29 is 4.79 Å². The zero-order chi connectivity index (χ0) is 20.8. The molecule has 0 aromatic carbocycles. The summed E-state index contributed by atoms with van der Waals surface area (Å²) in [5, 5.41) is 26.0. The average Bonchev–Trinajstić information content (AvgIpc) is 3.20. The number of likely N-dealkylation sites (tertiary alicyclic amines) is 1. The fourth-order valence-corrected chi connectivity index (χ4v) is 6.94. The van der Waals surface area contributed by atoms with Crippen LogP contribution in [0.15, 0.2) is 12.4 Å². The first-order valence-electron chi connectivity index (χ1n) is 11.0. The molecule has 4 aliphatic carbocycles. The molecule has 0 spiro atoms. The summed E-state index contributed by atoms with van der Waals surface area (Å²) >= 11 is 0. The van der Waals surface area contributed by atoms with E-state index in [0.717, 1.165) is 44.9 Å². The minimum absolute atomic E-state index is 0.0393. The van der Waals surface area contributed by atoms with Gasteiger partial charge >= 0.3 is 0 Å². The molecule has 8 nitrogen and oxygen atoms in total. The quantitative estimate of drug-likeness (QED) is 0.769. The van der Waals surface area contributed by atoms with Gasteiger partial charge < -0.3 is 15.5 Å². The molecule has 4 bridgehead atoms. The Bertz CT molecular complexity index is 918. The van der Waals surface area contributed by atoms with Crippen LogP contribution in [0, 0.1) is 34.5 Å². The summed E-state index contributed by atoms with van der Waals surface area (Å²) in [6.07, 6.45) is 11.4. The number of nitriles is 2. The van der Waals surface area contributed by atoms with E-state index in [4.69, 9.17) is 0 Å². The molecule has 0 radical (unpaired) electrons. The lowest BCUT2D eigenvalue weighted by atomic mass is 9.50. The van der Waals surface area contributed by atoms with Crippen molar-refractivity contribution >= 4 is 11.7 Å². The zero-order valence-corrected chi connectivity index (χ0v) is 17.1. The SMILES string of the molecule is N#Cc1nccnc1NC12CC3CC(CC(NCC(=O)N4CCC[C@H]4C#N)(C3)C1)C2. The summed E-state index contributed by atoms with van der Waals surface area (Å²) in [5.41, 5.74) is 0.163. The number of hydrogen-bond donors (Lipinski definition) is 2. The average molecular weight is 406 g/mol. The lowest BCUT2D eigenvalue weighted by Crippen LogP contribution is -2.67. The van der Waals surface area contributed by atoms with Gasteiger partial charge in [-0.15, -0.1) is 0 Å². The molecule has 2 heterocycles. The van der Waals surface area contributed by atoms with E-state index in [9.17, 15) is 15.3 Å². The molecule has 3 atom stereocenters. The minimum Gasteiger partial charge on any atom is -0.362 e. The van der Waals surface area contributed by atoms with E-state index in [2.05, 4.69) is 32.7 Å². The molecule has 4 saturated carbocycles. The monoisotopic (exact) mass is 405 g/mol. The maximum Gasteiger partial charge on any atom is 0.237 e. The summed E-state index contributed by atoms with van der Waals surface area (Å²) < 4.78 is 0. The van der Waals surface area contributed by atoms with Crippen LogP contribution in [-0.2, 0) is 4.79 Å². The van der Waals surface area contributed by atoms with E-state index < -0.39 is 0 Å². The van der Waals surface area contributed by atoms with Crippen LogP contribution in [0.25, 0.3) is 0 Å². The van der Waals surface area contributed by atoms with Gasteiger partial charge in [0.1, 0.15) is 12.1 Å². The Hall–Kier alpha value is -2.71. The third-order valence-corrected chi connectivity index (χ3v) is 7.59. The Morgan fingerprint density at radius 3 is 2.63 bits per heavy atom. The van der Waals surface area contributed by atoms with E-state index in [1.807, 2.05) is 0 Å². The van der Waals surface area contributed by atoms with E-state index in [1.54, 1.807) is 17.3 Å². The van der Waals surface area contributed by atoms with Gasteiger partial charge in [-0.05, 0) is 63.2 Å². The van der Waals surface area contributed by atoms with Crippen LogP contribution < -0.4 is 10.6 Å². The molecule has 5 fully saturated rings. The molecule has 2 N–H and O–H groups in total. The van der Waals surface area contributed by atoms with Crippen LogP contribution in [0.2, 0.25) is 0 Å². The molecule has 6 rings (SSSR count). The highest BCUT2D eigenvalue weighted by Gasteiger charge is 2.58. The van der Waals surface area contributed by atoms with Gasteiger partial charge in [0, 0.05) is 30.0 Å². The highest BCUT2D eigenvalue weighted by molar-refractivity contribution is 5.79. The molecular weight excluding hydrogens is 378 g/mol. The van der Waals surface area contributed by atoms with E-state index >= 15 is 0 Å². The Balaban J connectivity index is 1.32. The van der Waals surface area contributed by atoms with Gasteiger partial charge in [-0.25, -0.2) is 9.97 Å². The van der Waals surface area contributed by atoms with Crippen LogP contribution in [0.1, 0.15) is 57.1 Å². The number of carbonyl (C=O) groups excluding carboxylic acids is 1. The van der Waals surface area contributed by atoms with Crippen molar-refractivity contribution in [2.75, 3.05) is 18.4 Å². The van der Waals surface area contributed by atoms with Crippen molar-refractivity contribution in [1.82, 2.24) is 20.2 Å². The number of aromatic nitrogens is 2. The molecule has 1 aromatic heterocycles. The summed E-state index contributed by atoms with van der Waals surface area (Å²) in [5.74, 6) is 1.84. The van der Waals surface area contributed by atoms with E-state index in [-0.39, 0.29) is 23.0 Å². The largest absolute Gasteiger partial charge is 0.362 e. The number of carbonyl (C=O) groups is 1. The molecule has 8 heteroatoms. The summed E-state index contributed by atoms with van der Waals surface area (Å²) in [6, 6.07) is 4.13. The lowest BCUT2D eigenvalue weighted by Gasteiger charge is -2.62. The number of anilines is 1. The Kier molecular flexibility index (Phi) is 4.63. The van der Waals surface area contributed by atoms with Crippen LogP contribution in [-0.4, -0.2) is 51.0 Å². The minimum atomic E-state index is -0.273. The molecule has 156 valence electrons. The smallest absolute Gasteiger partial charge is 0.237 e. The van der Waals surface area contributed by atoms with Gasteiger partial charge in [0.15, 0.2) is 11.5 Å². The van der Waals surface area contributed by atoms with Gasteiger partial charge in [0.2, 0.25) is 5.91 Å². The first kappa shape index (κ1) is 19.3. The number of nitrogens with zero attached hydrogens (tertiary/aromatic N) is 5. The zero-order valence-electron chi connectivity index (χ0n) is 17.1. The maximum atomic E-state index is 12.8. The summed E-state index contributed by atoms with van der Waals surface area (Å²) in [4.78, 5) is 23.1. The van der Waals surface area contributed by atoms with Crippen LogP contribution >= 0.6 is 0 Å². The number of hydrogen-bond acceptors (Lipinski definition) is 7. The van der Waals surface area contributed by atoms with E-state index in [0.29, 0.717) is 36.4 Å². The first-order valence-corrected chi connectivity index (χ1v) is 11.0. The Morgan fingerprint density at radius 2 is 1.90 bits per heavy atom. The number of nitrogens with one attached hydrogen (secondary N) is 2. The molecule has 5 aliphatic rings. The predicted octanol–water partition coefficient (Wildman–Crippen LogP) is 1.96. The Labute approximate surface area is 176 Å². The normalized spacial score (nSPS) is 36.3. The number of amides is 1. The summed E-state index contributed by atoms with van der Waals surface area (Å²) in [6.45, 7) is 0.981. The third kappa shape index (κ3) is 3.30. The van der Waals surface area contributed by atoms with E-state index in [1.165, 1.54) is 6.42 Å². The number of rotatable bonds is 5. The van der Waals surface area contributed by atoms with Crippen molar-refractivity contribution in [2.24, 2.45) is 11.8 Å².